The summed E-state index contributed by atoms with van der Waals surface area (Å²) in [4.78, 5) is 11.5. The molecule has 0 aliphatic rings. The molecule has 1 aromatic rings. The van der Waals surface area contributed by atoms with Crippen molar-refractivity contribution >= 4 is 5.97 Å². The summed E-state index contributed by atoms with van der Waals surface area (Å²) in [5, 5.41) is 0. The second-order valence-electron chi connectivity index (χ2n) is 4.07. The third-order valence-corrected chi connectivity index (χ3v) is 2.57. The van der Waals surface area contributed by atoms with Crippen molar-refractivity contribution in [1.82, 2.24) is 0 Å². The fourth-order valence-corrected chi connectivity index (χ4v) is 1.39. The first-order valence-corrected chi connectivity index (χ1v) is 5.73. The molecule has 17 heavy (non-hydrogen) atoms. The lowest BCUT2D eigenvalue weighted by Gasteiger charge is -2.14. The van der Waals surface area contributed by atoms with Crippen LogP contribution in [-0.2, 0) is 9.53 Å². The van der Waals surface area contributed by atoms with Crippen LogP contribution in [0.5, 0.6) is 0 Å². The van der Waals surface area contributed by atoms with E-state index in [1.165, 1.54) is 12.1 Å². The molecule has 1 rings (SSSR count). The Balaban J connectivity index is 2.54. The third-order valence-electron chi connectivity index (χ3n) is 2.57. The highest BCUT2D eigenvalue weighted by Crippen LogP contribution is 2.16. The molecule has 2 unspecified atom stereocenters. The number of hydrogen-bond acceptors (Lipinski definition) is 3. The minimum absolute atomic E-state index is 0.0633. The maximum Gasteiger partial charge on any atom is 0.307 e. The Hall–Kier alpha value is -1.42. The Labute approximate surface area is 101 Å². The molecule has 0 aliphatic heterocycles. The molecule has 2 N–H and O–H groups in total. The van der Waals surface area contributed by atoms with Crippen LogP contribution < -0.4 is 5.73 Å². The molecule has 0 amide bonds. The quantitative estimate of drug-likeness (QED) is 0.803. The van der Waals surface area contributed by atoms with E-state index in [1.54, 1.807) is 12.1 Å². The molecular formula is C13H18FNO2. The minimum Gasteiger partial charge on any atom is -0.463 e. The van der Waals surface area contributed by atoms with Crippen LogP contribution in [0.4, 0.5) is 4.39 Å². The van der Waals surface area contributed by atoms with Crippen LogP contribution in [0.15, 0.2) is 24.3 Å². The van der Waals surface area contributed by atoms with Crippen LogP contribution in [0.1, 0.15) is 38.3 Å². The van der Waals surface area contributed by atoms with E-state index >= 15 is 0 Å². The van der Waals surface area contributed by atoms with Crippen LogP contribution in [0, 0.1) is 5.82 Å². The Morgan fingerprint density at radius 3 is 2.82 bits per heavy atom. The predicted octanol–water partition coefficient (Wildman–Crippen LogP) is 2.56. The van der Waals surface area contributed by atoms with Crippen molar-refractivity contribution in [3.05, 3.63) is 35.6 Å². The van der Waals surface area contributed by atoms with Crippen LogP contribution in [0.3, 0.4) is 0 Å². The molecule has 0 saturated heterocycles. The minimum atomic E-state index is -0.526. The number of rotatable bonds is 5. The van der Waals surface area contributed by atoms with Crippen molar-refractivity contribution in [3.8, 4) is 0 Å². The number of benzene rings is 1. The van der Waals surface area contributed by atoms with Crippen molar-refractivity contribution in [1.29, 1.82) is 0 Å². The van der Waals surface area contributed by atoms with Gasteiger partial charge in [-0.2, -0.15) is 0 Å². The molecule has 0 fully saturated rings. The van der Waals surface area contributed by atoms with Gasteiger partial charge in [-0.05, 0) is 31.0 Å². The molecule has 0 bridgehead atoms. The van der Waals surface area contributed by atoms with Gasteiger partial charge in [-0.3, -0.25) is 4.79 Å². The Morgan fingerprint density at radius 1 is 1.53 bits per heavy atom. The van der Waals surface area contributed by atoms with E-state index < -0.39 is 6.04 Å². The van der Waals surface area contributed by atoms with E-state index in [4.69, 9.17) is 10.5 Å². The SMILES string of the molecule is CCC(C)OC(=O)CC(N)c1cccc(F)c1. The number of carbonyl (C=O) groups is 1. The molecule has 94 valence electrons. The maximum absolute atomic E-state index is 13.0. The molecule has 0 heterocycles. The summed E-state index contributed by atoms with van der Waals surface area (Å²) in [6, 6.07) is 5.42. The Morgan fingerprint density at radius 2 is 2.24 bits per heavy atom. The van der Waals surface area contributed by atoms with Crippen LogP contribution in [-0.4, -0.2) is 12.1 Å². The van der Waals surface area contributed by atoms with Crippen molar-refractivity contribution in [2.75, 3.05) is 0 Å². The summed E-state index contributed by atoms with van der Waals surface area (Å²) in [6.45, 7) is 3.76. The summed E-state index contributed by atoms with van der Waals surface area (Å²) in [5.41, 5.74) is 6.42. The zero-order valence-corrected chi connectivity index (χ0v) is 10.2. The van der Waals surface area contributed by atoms with E-state index in [9.17, 15) is 9.18 Å². The normalized spacial score (nSPS) is 14.1. The van der Waals surface area contributed by atoms with Crippen LogP contribution in [0.2, 0.25) is 0 Å². The lowest BCUT2D eigenvalue weighted by atomic mass is 10.0. The molecule has 2 atom stereocenters. The third kappa shape index (κ3) is 4.53. The number of esters is 1. The van der Waals surface area contributed by atoms with Crippen molar-refractivity contribution in [2.24, 2.45) is 5.73 Å². The topological polar surface area (TPSA) is 52.3 Å². The average Bonchev–Trinajstić information content (AvgIpc) is 2.28. The molecule has 0 aliphatic carbocycles. The lowest BCUT2D eigenvalue weighted by Crippen LogP contribution is -2.20. The second-order valence-corrected chi connectivity index (χ2v) is 4.07. The van der Waals surface area contributed by atoms with Crippen molar-refractivity contribution < 1.29 is 13.9 Å². The average molecular weight is 239 g/mol. The molecule has 0 aromatic heterocycles. The first kappa shape index (κ1) is 13.6. The second kappa shape index (κ2) is 6.35. The number of carbonyl (C=O) groups excluding carboxylic acids is 1. The highest BCUT2D eigenvalue weighted by Gasteiger charge is 2.15. The standard InChI is InChI=1S/C13H18FNO2/c1-3-9(2)17-13(16)8-12(15)10-5-4-6-11(14)7-10/h4-7,9,12H,3,8,15H2,1-2H3. The van der Waals surface area contributed by atoms with Gasteiger partial charge in [0.15, 0.2) is 0 Å². The van der Waals surface area contributed by atoms with E-state index in [2.05, 4.69) is 0 Å². The molecule has 0 spiro atoms. The van der Waals surface area contributed by atoms with Gasteiger partial charge in [0, 0.05) is 6.04 Å². The highest BCUT2D eigenvalue weighted by molar-refractivity contribution is 5.70. The van der Waals surface area contributed by atoms with E-state index in [0.29, 0.717) is 5.56 Å². The zero-order chi connectivity index (χ0) is 12.8. The monoisotopic (exact) mass is 239 g/mol. The molecule has 0 radical (unpaired) electrons. The molecular weight excluding hydrogens is 221 g/mol. The number of hydrogen-bond donors (Lipinski definition) is 1. The van der Waals surface area contributed by atoms with Gasteiger partial charge < -0.3 is 10.5 Å². The molecule has 0 saturated carbocycles. The number of halogens is 1. The van der Waals surface area contributed by atoms with Gasteiger partial charge in [0.1, 0.15) is 5.82 Å². The van der Waals surface area contributed by atoms with Crippen molar-refractivity contribution in [3.63, 3.8) is 0 Å². The zero-order valence-electron chi connectivity index (χ0n) is 10.2. The Bertz CT molecular complexity index is 381. The first-order valence-electron chi connectivity index (χ1n) is 5.73. The molecule has 4 heteroatoms. The molecule has 3 nitrogen and oxygen atoms in total. The number of ether oxygens (including phenoxy) is 1. The molecule has 1 aromatic carbocycles. The first-order chi connectivity index (χ1) is 8.02. The van der Waals surface area contributed by atoms with Crippen molar-refractivity contribution in [2.45, 2.75) is 38.8 Å². The van der Waals surface area contributed by atoms with Gasteiger partial charge in [0.25, 0.3) is 0 Å². The maximum atomic E-state index is 13.0. The fraction of sp³-hybridized carbons (Fsp3) is 0.462. The van der Waals surface area contributed by atoms with Gasteiger partial charge in [0.05, 0.1) is 12.5 Å². The largest absolute Gasteiger partial charge is 0.463 e. The highest BCUT2D eigenvalue weighted by atomic mass is 19.1. The summed E-state index contributed by atoms with van der Waals surface area (Å²) < 4.78 is 18.1. The number of nitrogens with two attached hydrogens (primary N) is 1. The van der Waals surface area contributed by atoms with Crippen LogP contribution in [0.25, 0.3) is 0 Å². The fourth-order valence-electron chi connectivity index (χ4n) is 1.39. The predicted molar refractivity (Wildman–Crippen MR) is 63.8 cm³/mol. The van der Waals surface area contributed by atoms with E-state index in [1.807, 2.05) is 13.8 Å². The summed E-state index contributed by atoms with van der Waals surface area (Å²) in [7, 11) is 0. The smallest absolute Gasteiger partial charge is 0.307 e. The van der Waals surface area contributed by atoms with Crippen LogP contribution >= 0.6 is 0 Å². The van der Waals surface area contributed by atoms with Gasteiger partial charge in [-0.25, -0.2) is 4.39 Å². The van der Waals surface area contributed by atoms with Gasteiger partial charge in [-0.15, -0.1) is 0 Å². The summed E-state index contributed by atoms with van der Waals surface area (Å²) >= 11 is 0. The van der Waals surface area contributed by atoms with E-state index in [0.717, 1.165) is 6.42 Å². The van der Waals surface area contributed by atoms with Gasteiger partial charge in [-0.1, -0.05) is 19.1 Å². The van der Waals surface area contributed by atoms with E-state index in [-0.39, 0.29) is 24.3 Å². The van der Waals surface area contributed by atoms with Gasteiger partial charge >= 0.3 is 5.97 Å². The Kier molecular flexibility index (Phi) is 5.10. The summed E-state index contributed by atoms with van der Waals surface area (Å²) in [6.07, 6.45) is 0.719. The van der Waals surface area contributed by atoms with Gasteiger partial charge in [0.2, 0.25) is 0 Å². The lowest BCUT2D eigenvalue weighted by molar-refractivity contribution is -0.148. The summed E-state index contributed by atoms with van der Waals surface area (Å²) in [5.74, 6) is -0.704.